The predicted octanol–water partition coefficient (Wildman–Crippen LogP) is 2.50. The summed E-state index contributed by atoms with van der Waals surface area (Å²) >= 11 is 6.50. The molecule has 0 unspecified atom stereocenters. The second-order valence-corrected chi connectivity index (χ2v) is 8.28. The minimum absolute atomic E-state index is 0.0178. The fourth-order valence-electron chi connectivity index (χ4n) is 1.51. The second-order valence-electron chi connectivity index (χ2n) is 5.04. The maximum Gasteiger partial charge on any atom is 0.291 e. The highest BCUT2D eigenvalue weighted by atomic mass is 35.5. The number of nitrogens with one attached hydrogen (secondary N) is 2. The number of nitrogens with zero attached hydrogens (tertiary/aromatic N) is 3. The molecule has 13 heteroatoms. The summed E-state index contributed by atoms with van der Waals surface area (Å²) in [4.78, 5) is 21.7. The molecule has 0 spiro atoms. The van der Waals surface area contributed by atoms with Gasteiger partial charge in [0.25, 0.3) is 20.1 Å². The summed E-state index contributed by atoms with van der Waals surface area (Å²) in [6.45, 7) is 3.33. The molecule has 0 saturated carbocycles. The lowest BCUT2D eigenvalue weighted by molar-refractivity contribution is -0.384. The van der Waals surface area contributed by atoms with Crippen LogP contribution in [0, 0.1) is 16.0 Å². The molecule has 2 N–H and O–H groups in total. The highest BCUT2D eigenvalue weighted by Gasteiger charge is 2.23. The van der Waals surface area contributed by atoms with Crippen LogP contribution in [0.1, 0.15) is 13.8 Å². The lowest BCUT2D eigenvalue weighted by atomic mass is 10.2. The van der Waals surface area contributed by atoms with E-state index in [0.717, 1.165) is 12.1 Å². The third-order valence-electron chi connectivity index (χ3n) is 2.80. The van der Waals surface area contributed by atoms with Crippen molar-refractivity contribution < 1.29 is 18.1 Å². The summed E-state index contributed by atoms with van der Waals surface area (Å²) in [7, 11) is -4.18. The van der Waals surface area contributed by atoms with Crippen molar-refractivity contribution in [3.8, 4) is 0 Å². The van der Waals surface area contributed by atoms with Crippen LogP contribution in [0.15, 0.2) is 22.5 Å². The Morgan fingerprint density at radius 1 is 1.36 bits per heavy atom. The maximum absolute atomic E-state index is 12.3. The summed E-state index contributed by atoms with van der Waals surface area (Å²) in [6.07, 6.45) is 0. The average molecular weight is 406 g/mol. The normalized spacial score (nSPS) is 11.4. The number of nitro groups is 1. The van der Waals surface area contributed by atoms with Gasteiger partial charge in [0.2, 0.25) is 11.0 Å². The largest absolute Gasteiger partial charge is 0.300 e. The van der Waals surface area contributed by atoms with Crippen LogP contribution in [-0.2, 0) is 14.8 Å². The van der Waals surface area contributed by atoms with E-state index in [9.17, 15) is 23.3 Å². The van der Waals surface area contributed by atoms with E-state index in [1.165, 1.54) is 6.07 Å². The molecule has 1 aromatic heterocycles. The van der Waals surface area contributed by atoms with Gasteiger partial charge in [0.15, 0.2) is 0 Å². The Labute approximate surface area is 151 Å². The zero-order valence-electron chi connectivity index (χ0n) is 12.9. The molecule has 1 heterocycles. The molecule has 0 fully saturated rings. The fraction of sp³-hybridized carbons (Fsp3) is 0.250. The molecule has 2 aromatic rings. The SMILES string of the molecule is CC(C)C(=O)Nc1nnc(S(=O)(=O)Nc2cc([N+](=O)[O-])ccc2Cl)s1. The molecule has 0 aliphatic carbocycles. The number of sulfonamides is 1. The van der Waals surface area contributed by atoms with Crippen LogP contribution in [0.25, 0.3) is 0 Å². The molecule has 0 saturated heterocycles. The maximum atomic E-state index is 12.3. The van der Waals surface area contributed by atoms with Crippen molar-refractivity contribution in [3.63, 3.8) is 0 Å². The zero-order chi connectivity index (χ0) is 18.8. The molecule has 134 valence electrons. The number of hydrogen-bond donors (Lipinski definition) is 2. The first-order valence-electron chi connectivity index (χ1n) is 6.71. The van der Waals surface area contributed by atoms with Gasteiger partial charge >= 0.3 is 0 Å². The van der Waals surface area contributed by atoms with Crippen LogP contribution in [0.5, 0.6) is 0 Å². The Morgan fingerprint density at radius 3 is 2.64 bits per heavy atom. The Morgan fingerprint density at radius 2 is 2.04 bits per heavy atom. The molecule has 1 aromatic carbocycles. The van der Waals surface area contributed by atoms with Crippen LogP contribution >= 0.6 is 22.9 Å². The number of carbonyl (C=O) groups is 1. The van der Waals surface area contributed by atoms with Crippen molar-refractivity contribution in [2.75, 3.05) is 10.0 Å². The molecule has 0 bridgehead atoms. The molecule has 0 radical (unpaired) electrons. The number of hydrogen-bond acceptors (Lipinski definition) is 8. The standard InChI is InChI=1S/C12H12ClN5O5S2/c1-6(2)10(19)14-11-15-16-12(24-11)25(22,23)17-9-5-7(18(20)21)3-4-8(9)13/h3-6,17H,1-2H3,(H,14,15,19). The molecule has 0 aliphatic rings. The van der Waals surface area contributed by atoms with Crippen LogP contribution < -0.4 is 10.0 Å². The van der Waals surface area contributed by atoms with Crippen LogP contribution in [0.3, 0.4) is 0 Å². The topological polar surface area (TPSA) is 144 Å². The third-order valence-corrected chi connectivity index (χ3v) is 5.70. The number of amides is 1. The fourth-order valence-corrected chi connectivity index (χ4v) is 3.71. The van der Waals surface area contributed by atoms with E-state index in [4.69, 9.17) is 11.6 Å². The number of carbonyl (C=O) groups excluding carboxylic acids is 1. The summed E-state index contributed by atoms with van der Waals surface area (Å²) in [5.74, 6) is -0.652. The highest BCUT2D eigenvalue weighted by Crippen LogP contribution is 2.30. The van der Waals surface area contributed by atoms with E-state index in [-0.39, 0.29) is 33.4 Å². The van der Waals surface area contributed by atoms with E-state index < -0.39 is 19.3 Å². The number of nitro benzene ring substituents is 1. The van der Waals surface area contributed by atoms with Gasteiger partial charge in [-0.1, -0.05) is 36.8 Å². The van der Waals surface area contributed by atoms with E-state index >= 15 is 0 Å². The van der Waals surface area contributed by atoms with E-state index in [1.54, 1.807) is 13.8 Å². The molecule has 10 nitrogen and oxygen atoms in total. The summed E-state index contributed by atoms with van der Waals surface area (Å²) in [5.41, 5.74) is -0.497. The van der Waals surface area contributed by atoms with E-state index in [0.29, 0.717) is 11.3 Å². The van der Waals surface area contributed by atoms with Crippen molar-refractivity contribution in [2.45, 2.75) is 18.2 Å². The van der Waals surface area contributed by atoms with E-state index in [2.05, 4.69) is 20.2 Å². The highest BCUT2D eigenvalue weighted by molar-refractivity contribution is 7.94. The van der Waals surface area contributed by atoms with Gasteiger partial charge in [0.05, 0.1) is 15.6 Å². The Kier molecular flexibility index (Phi) is 5.55. The van der Waals surface area contributed by atoms with Gasteiger partial charge in [-0.15, -0.1) is 10.2 Å². The second kappa shape index (κ2) is 7.29. The monoisotopic (exact) mass is 405 g/mol. The van der Waals surface area contributed by atoms with Gasteiger partial charge in [-0.2, -0.15) is 8.42 Å². The Hall–Kier alpha value is -2.31. The van der Waals surface area contributed by atoms with Gasteiger partial charge in [0, 0.05) is 18.1 Å². The number of rotatable bonds is 6. The van der Waals surface area contributed by atoms with Crippen LogP contribution in [-0.4, -0.2) is 29.4 Å². The summed E-state index contributed by atoms with van der Waals surface area (Å²) in [6, 6.07) is 3.33. The predicted molar refractivity (Wildman–Crippen MR) is 92.3 cm³/mol. The van der Waals surface area contributed by atoms with Crippen molar-refractivity contribution in [2.24, 2.45) is 5.92 Å². The first-order valence-corrected chi connectivity index (χ1v) is 9.39. The Balaban J connectivity index is 2.26. The van der Waals surface area contributed by atoms with Gasteiger partial charge in [0.1, 0.15) is 0 Å². The number of benzene rings is 1. The smallest absolute Gasteiger partial charge is 0.291 e. The Bertz CT molecular complexity index is 928. The number of anilines is 2. The molecular weight excluding hydrogens is 394 g/mol. The van der Waals surface area contributed by atoms with Crippen molar-refractivity contribution >= 4 is 55.4 Å². The third kappa shape index (κ3) is 4.61. The zero-order valence-corrected chi connectivity index (χ0v) is 15.3. The molecule has 2 rings (SSSR count). The molecule has 0 aliphatic heterocycles. The summed E-state index contributed by atoms with van der Waals surface area (Å²) < 4.78 is 26.3. The van der Waals surface area contributed by atoms with Gasteiger partial charge in [-0.3, -0.25) is 19.6 Å². The average Bonchev–Trinajstić information content (AvgIpc) is 2.98. The number of aromatic nitrogens is 2. The quantitative estimate of drug-likeness (QED) is 0.426. The lowest BCUT2D eigenvalue weighted by Gasteiger charge is -2.06. The molecule has 25 heavy (non-hydrogen) atoms. The lowest BCUT2D eigenvalue weighted by Crippen LogP contribution is -2.17. The van der Waals surface area contributed by atoms with Crippen LogP contribution in [0.2, 0.25) is 5.02 Å². The molecule has 1 amide bonds. The van der Waals surface area contributed by atoms with Gasteiger partial charge < -0.3 is 5.32 Å². The van der Waals surface area contributed by atoms with Crippen LogP contribution in [0.4, 0.5) is 16.5 Å². The number of halogens is 1. The molecule has 0 atom stereocenters. The van der Waals surface area contributed by atoms with E-state index in [1.807, 2.05) is 0 Å². The van der Waals surface area contributed by atoms with Gasteiger partial charge in [-0.05, 0) is 6.07 Å². The molecular formula is C12H12ClN5O5S2. The minimum atomic E-state index is -4.18. The first-order chi connectivity index (χ1) is 11.6. The van der Waals surface area contributed by atoms with Gasteiger partial charge in [-0.25, -0.2) is 0 Å². The van der Waals surface area contributed by atoms with Crippen molar-refractivity contribution in [1.82, 2.24) is 10.2 Å². The minimum Gasteiger partial charge on any atom is -0.300 e. The first kappa shape index (κ1) is 19.0. The van der Waals surface area contributed by atoms with Crippen molar-refractivity contribution in [3.05, 3.63) is 33.3 Å². The summed E-state index contributed by atoms with van der Waals surface area (Å²) in [5, 5.41) is 20.3. The number of non-ortho nitro benzene ring substituents is 1. The van der Waals surface area contributed by atoms with Crippen molar-refractivity contribution in [1.29, 1.82) is 0 Å².